The van der Waals surface area contributed by atoms with Crippen LogP contribution in [-0.4, -0.2) is 18.8 Å². The number of phenolic OH excluding ortho intramolecular Hbond substituents is 1. The molecule has 1 atom stereocenters. The predicted molar refractivity (Wildman–Crippen MR) is 59.9 cm³/mol. The summed E-state index contributed by atoms with van der Waals surface area (Å²) in [6, 6.07) is 2.89. The van der Waals surface area contributed by atoms with Crippen LogP contribution in [0.1, 0.15) is 18.2 Å². The molecule has 0 spiro atoms. The average molecular weight is 278 g/mol. The van der Waals surface area contributed by atoms with Gasteiger partial charge in [0.25, 0.3) is 0 Å². The molecular weight excluding hydrogens is 265 g/mol. The number of rotatable bonds is 4. The third-order valence-electron chi connectivity index (χ3n) is 2.06. The van der Waals surface area contributed by atoms with Crippen LogP contribution in [0.5, 0.6) is 11.5 Å². The first-order valence-electron chi connectivity index (χ1n) is 4.50. The monoisotopic (exact) mass is 277 g/mol. The van der Waals surface area contributed by atoms with Crippen LogP contribution in [0, 0.1) is 0 Å². The topological polar surface area (TPSA) is 55.5 Å². The van der Waals surface area contributed by atoms with Crippen molar-refractivity contribution in [2.75, 3.05) is 13.7 Å². The first-order valence-corrected chi connectivity index (χ1v) is 5.30. The highest BCUT2D eigenvalue weighted by Gasteiger charge is 2.15. The molecule has 5 heteroatoms. The summed E-state index contributed by atoms with van der Waals surface area (Å²) in [7, 11) is 1.44. The molecule has 0 saturated carbocycles. The molecule has 0 aliphatic rings. The summed E-state index contributed by atoms with van der Waals surface area (Å²) in [5.41, 5.74) is 5.66. The Kier molecular flexibility index (Phi) is 4.35. The highest BCUT2D eigenvalue weighted by atomic mass is 79.9. The molecule has 0 aromatic heterocycles. The van der Waals surface area contributed by atoms with Gasteiger partial charge in [-0.05, 0) is 25.1 Å². The van der Waals surface area contributed by atoms with E-state index in [1.807, 2.05) is 0 Å². The van der Waals surface area contributed by atoms with Gasteiger partial charge in [-0.2, -0.15) is 0 Å². The molecule has 3 nitrogen and oxygen atoms in total. The van der Waals surface area contributed by atoms with E-state index < -0.39 is 6.17 Å². The fourth-order valence-electron chi connectivity index (χ4n) is 1.27. The second-order valence-corrected chi connectivity index (χ2v) is 3.94. The Bertz CT molecular complexity index is 346. The smallest absolute Gasteiger partial charge is 0.161 e. The Hall–Kier alpha value is -0.810. The Morgan fingerprint density at radius 1 is 1.60 bits per heavy atom. The van der Waals surface area contributed by atoms with Gasteiger partial charge in [0, 0.05) is 10.0 Å². The molecule has 1 rings (SSSR count). The Morgan fingerprint density at radius 3 is 2.80 bits per heavy atom. The maximum atomic E-state index is 13.6. The van der Waals surface area contributed by atoms with Crippen LogP contribution in [0.4, 0.5) is 4.39 Å². The average Bonchev–Trinajstić information content (AvgIpc) is 2.21. The number of methoxy groups -OCH3 is 1. The van der Waals surface area contributed by atoms with Gasteiger partial charge in [0.2, 0.25) is 0 Å². The van der Waals surface area contributed by atoms with E-state index in [4.69, 9.17) is 10.5 Å². The zero-order valence-electron chi connectivity index (χ0n) is 8.34. The van der Waals surface area contributed by atoms with Gasteiger partial charge in [-0.3, -0.25) is 0 Å². The molecule has 0 saturated heterocycles. The van der Waals surface area contributed by atoms with Gasteiger partial charge >= 0.3 is 0 Å². The molecule has 1 aromatic rings. The summed E-state index contributed by atoms with van der Waals surface area (Å²) in [6.07, 6.45) is -0.953. The maximum Gasteiger partial charge on any atom is 0.161 e. The number of hydrogen-bond acceptors (Lipinski definition) is 3. The van der Waals surface area contributed by atoms with Crippen molar-refractivity contribution in [1.82, 2.24) is 0 Å². The lowest BCUT2D eigenvalue weighted by atomic mass is 10.1. The first-order chi connectivity index (χ1) is 7.10. The first kappa shape index (κ1) is 12.3. The standard InChI is InChI=1S/C10H13BrFNO2/c1-15-10-5-7(11)6(4-9(10)14)8(12)2-3-13/h4-5,8,14H,2-3,13H2,1H3. The molecule has 0 heterocycles. The number of ether oxygens (including phenoxy) is 1. The van der Waals surface area contributed by atoms with E-state index in [1.165, 1.54) is 19.2 Å². The Balaban J connectivity index is 3.04. The fourth-order valence-corrected chi connectivity index (χ4v) is 1.84. The van der Waals surface area contributed by atoms with Crippen molar-refractivity contribution < 1.29 is 14.2 Å². The van der Waals surface area contributed by atoms with Crippen LogP contribution < -0.4 is 10.5 Å². The molecule has 1 unspecified atom stereocenters. The van der Waals surface area contributed by atoms with Gasteiger partial charge < -0.3 is 15.6 Å². The highest BCUT2D eigenvalue weighted by molar-refractivity contribution is 9.10. The Labute approximate surface area is 96.2 Å². The number of halogens is 2. The largest absolute Gasteiger partial charge is 0.504 e. The molecule has 0 amide bonds. The summed E-state index contributed by atoms with van der Waals surface area (Å²) in [5, 5.41) is 9.49. The minimum absolute atomic E-state index is 0.0737. The number of hydrogen-bond donors (Lipinski definition) is 2. The van der Waals surface area contributed by atoms with Crippen LogP contribution in [0.25, 0.3) is 0 Å². The van der Waals surface area contributed by atoms with Gasteiger partial charge in [0.1, 0.15) is 6.17 Å². The van der Waals surface area contributed by atoms with Gasteiger partial charge in [-0.1, -0.05) is 15.9 Å². The van der Waals surface area contributed by atoms with Crippen molar-refractivity contribution in [3.05, 3.63) is 22.2 Å². The molecule has 3 N–H and O–H groups in total. The molecule has 0 aliphatic carbocycles. The number of nitrogens with two attached hydrogens (primary N) is 1. The number of alkyl halides is 1. The number of benzene rings is 1. The molecule has 1 aromatic carbocycles. The van der Waals surface area contributed by atoms with Crippen molar-refractivity contribution in [2.45, 2.75) is 12.6 Å². The summed E-state index contributed by atoms with van der Waals surface area (Å²) >= 11 is 3.22. The van der Waals surface area contributed by atoms with E-state index in [-0.39, 0.29) is 18.7 Å². The van der Waals surface area contributed by atoms with Crippen molar-refractivity contribution in [3.63, 3.8) is 0 Å². The third-order valence-corrected chi connectivity index (χ3v) is 2.74. The highest BCUT2D eigenvalue weighted by Crippen LogP contribution is 2.37. The number of aromatic hydroxyl groups is 1. The van der Waals surface area contributed by atoms with E-state index in [2.05, 4.69) is 15.9 Å². The van der Waals surface area contributed by atoms with E-state index in [1.54, 1.807) is 0 Å². The van der Waals surface area contributed by atoms with E-state index >= 15 is 0 Å². The fraction of sp³-hybridized carbons (Fsp3) is 0.400. The van der Waals surface area contributed by atoms with E-state index in [0.29, 0.717) is 15.8 Å². The lowest BCUT2D eigenvalue weighted by Gasteiger charge is -2.12. The summed E-state index contributed by atoms with van der Waals surface area (Å²) in [6.45, 7) is 0.264. The lowest BCUT2D eigenvalue weighted by Crippen LogP contribution is -2.04. The van der Waals surface area contributed by atoms with Gasteiger partial charge in [0.05, 0.1) is 7.11 Å². The zero-order chi connectivity index (χ0) is 11.4. The van der Waals surface area contributed by atoms with Crippen LogP contribution in [0.2, 0.25) is 0 Å². The minimum Gasteiger partial charge on any atom is -0.504 e. The van der Waals surface area contributed by atoms with Crippen molar-refractivity contribution in [2.24, 2.45) is 5.73 Å². The maximum absolute atomic E-state index is 13.6. The number of phenols is 1. The van der Waals surface area contributed by atoms with Crippen molar-refractivity contribution in [1.29, 1.82) is 0 Å². The van der Waals surface area contributed by atoms with E-state index in [0.717, 1.165) is 0 Å². The summed E-state index contributed by atoms with van der Waals surface area (Å²) in [4.78, 5) is 0. The van der Waals surface area contributed by atoms with Crippen molar-refractivity contribution >= 4 is 15.9 Å². The van der Waals surface area contributed by atoms with Gasteiger partial charge in [-0.15, -0.1) is 0 Å². The molecule has 15 heavy (non-hydrogen) atoms. The van der Waals surface area contributed by atoms with Crippen molar-refractivity contribution in [3.8, 4) is 11.5 Å². The molecule has 0 radical (unpaired) electrons. The second kappa shape index (κ2) is 5.32. The second-order valence-electron chi connectivity index (χ2n) is 3.09. The SMILES string of the molecule is COc1cc(Br)c(C(F)CCN)cc1O. The summed E-state index contributed by atoms with van der Waals surface area (Å²) in [5.74, 6) is 0.237. The molecule has 0 fully saturated rings. The lowest BCUT2D eigenvalue weighted by molar-refractivity contribution is 0.322. The molecule has 84 valence electrons. The van der Waals surface area contributed by atoms with Gasteiger partial charge in [0.15, 0.2) is 11.5 Å². The van der Waals surface area contributed by atoms with Gasteiger partial charge in [-0.25, -0.2) is 4.39 Å². The molecule has 0 bridgehead atoms. The van der Waals surface area contributed by atoms with Crippen LogP contribution >= 0.6 is 15.9 Å². The molecular formula is C10H13BrFNO2. The summed E-state index contributed by atoms with van der Waals surface area (Å²) < 4.78 is 19.0. The van der Waals surface area contributed by atoms with Crippen LogP contribution in [0.3, 0.4) is 0 Å². The third kappa shape index (κ3) is 2.82. The predicted octanol–water partition coefficient (Wildman–Crippen LogP) is 2.52. The molecule has 0 aliphatic heterocycles. The normalized spacial score (nSPS) is 12.5. The minimum atomic E-state index is -1.18. The quantitative estimate of drug-likeness (QED) is 0.889. The van der Waals surface area contributed by atoms with Crippen LogP contribution in [-0.2, 0) is 0 Å². The zero-order valence-corrected chi connectivity index (χ0v) is 9.92. The van der Waals surface area contributed by atoms with Crippen LogP contribution in [0.15, 0.2) is 16.6 Å². The van der Waals surface area contributed by atoms with E-state index in [9.17, 15) is 9.50 Å². The Morgan fingerprint density at radius 2 is 2.27 bits per heavy atom.